The molecule has 2 heterocycles. The van der Waals surface area contributed by atoms with Gasteiger partial charge in [0.2, 0.25) is 0 Å². The van der Waals surface area contributed by atoms with Crippen LogP contribution in [0.25, 0.3) is 0 Å². The highest BCUT2D eigenvalue weighted by molar-refractivity contribution is 7.11. The Labute approximate surface area is 114 Å². The van der Waals surface area contributed by atoms with Gasteiger partial charge in [-0.3, -0.25) is 0 Å². The van der Waals surface area contributed by atoms with Crippen molar-refractivity contribution in [3.05, 3.63) is 16.1 Å². The van der Waals surface area contributed by atoms with Crippen molar-refractivity contribution in [1.29, 1.82) is 0 Å². The van der Waals surface area contributed by atoms with Crippen molar-refractivity contribution >= 4 is 11.3 Å². The van der Waals surface area contributed by atoms with Crippen molar-refractivity contribution in [3.63, 3.8) is 0 Å². The first-order valence-electron chi connectivity index (χ1n) is 7.07. The van der Waals surface area contributed by atoms with Crippen molar-refractivity contribution in [2.45, 2.75) is 46.1 Å². The van der Waals surface area contributed by atoms with E-state index in [1.807, 2.05) is 6.20 Å². The minimum atomic E-state index is 0.528. The lowest BCUT2D eigenvalue weighted by Crippen LogP contribution is -2.43. The number of hydrogen-bond donors (Lipinski definition) is 2. The molecule has 0 unspecified atom stereocenters. The summed E-state index contributed by atoms with van der Waals surface area (Å²) in [6.07, 6.45) is 7.28. The number of thiazole rings is 1. The molecule has 0 amide bonds. The molecular formula is C14H25N3S. The highest BCUT2D eigenvalue weighted by atomic mass is 32.1. The molecule has 4 heteroatoms. The molecule has 0 aromatic carbocycles. The van der Waals surface area contributed by atoms with Gasteiger partial charge in [-0.2, -0.15) is 0 Å². The quantitative estimate of drug-likeness (QED) is 0.832. The fraction of sp³-hybridized carbons (Fsp3) is 0.786. The molecule has 2 rings (SSSR count). The third-order valence-corrected chi connectivity index (χ3v) is 4.83. The van der Waals surface area contributed by atoms with Crippen molar-refractivity contribution in [2.24, 2.45) is 5.41 Å². The van der Waals surface area contributed by atoms with Gasteiger partial charge >= 0.3 is 0 Å². The van der Waals surface area contributed by atoms with E-state index in [4.69, 9.17) is 0 Å². The Balaban J connectivity index is 1.82. The lowest BCUT2D eigenvalue weighted by molar-refractivity contribution is 0.176. The fourth-order valence-electron chi connectivity index (χ4n) is 2.94. The van der Waals surface area contributed by atoms with Crippen LogP contribution in [0.1, 0.15) is 42.5 Å². The van der Waals surface area contributed by atoms with Crippen LogP contribution >= 0.6 is 11.3 Å². The highest BCUT2D eigenvalue weighted by Crippen LogP contribution is 2.33. The number of nitrogens with zero attached hydrogens (tertiary/aromatic N) is 1. The number of rotatable bonds is 6. The van der Waals surface area contributed by atoms with Crippen molar-refractivity contribution < 1.29 is 0 Å². The van der Waals surface area contributed by atoms with E-state index in [1.165, 1.54) is 43.6 Å². The zero-order chi connectivity index (χ0) is 12.8. The van der Waals surface area contributed by atoms with Gasteiger partial charge in [-0.05, 0) is 44.7 Å². The minimum absolute atomic E-state index is 0.528. The predicted octanol–water partition coefficient (Wildman–Crippen LogP) is 2.71. The summed E-state index contributed by atoms with van der Waals surface area (Å²) in [4.78, 5) is 5.66. The van der Waals surface area contributed by atoms with E-state index in [9.17, 15) is 0 Å². The van der Waals surface area contributed by atoms with Gasteiger partial charge in [-0.25, -0.2) is 4.98 Å². The molecule has 0 atom stereocenters. The smallest absolute Gasteiger partial charge is 0.0897 e. The number of aromatic nitrogens is 1. The molecular weight excluding hydrogens is 242 g/mol. The topological polar surface area (TPSA) is 37.0 Å². The van der Waals surface area contributed by atoms with Crippen LogP contribution in [0.5, 0.6) is 0 Å². The lowest BCUT2D eigenvalue weighted by Gasteiger charge is -2.38. The molecule has 0 saturated carbocycles. The van der Waals surface area contributed by atoms with E-state index in [1.54, 1.807) is 11.3 Å². The van der Waals surface area contributed by atoms with Crippen molar-refractivity contribution in [2.75, 3.05) is 19.6 Å². The average molecular weight is 267 g/mol. The SMILES string of the molecule is CCCC1(CNCc2cnc(C)s2)CCNCC1. The number of nitrogens with one attached hydrogen (secondary N) is 2. The summed E-state index contributed by atoms with van der Waals surface area (Å²) in [6, 6.07) is 0. The van der Waals surface area contributed by atoms with Gasteiger partial charge in [-0.1, -0.05) is 13.3 Å². The molecule has 1 aromatic heterocycles. The number of hydrogen-bond acceptors (Lipinski definition) is 4. The van der Waals surface area contributed by atoms with Crippen LogP contribution in [-0.2, 0) is 6.54 Å². The molecule has 102 valence electrons. The number of aryl methyl sites for hydroxylation is 1. The van der Waals surface area contributed by atoms with Gasteiger partial charge in [0.25, 0.3) is 0 Å². The van der Waals surface area contributed by atoms with Gasteiger partial charge < -0.3 is 10.6 Å². The first-order valence-corrected chi connectivity index (χ1v) is 7.88. The molecule has 1 aromatic rings. The second-order valence-electron chi connectivity index (χ2n) is 5.45. The zero-order valence-electron chi connectivity index (χ0n) is 11.6. The Kier molecular flexibility index (Phi) is 5.15. The summed E-state index contributed by atoms with van der Waals surface area (Å²) in [6.45, 7) is 8.86. The largest absolute Gasteiger partial charge is 0.317 e. The predicted molar refractivity (Wildman–Crippen MR) is 78.0 cm³/mol. The molecule has 18 heavy (non-hydrogen) atoms. The second-order valence-corrected chi connectivity index (χ2v) is 6.77. The Morgan fingerprint density at radius 3 is 2.83 bits per heavy atom. The molecule has 2 N–H and O–H groups in total. The fourth-order valence-corrected chi connectivity index (χ4v) is 3.71. The summed E-state index contributed by atoms with van der Waals surface area (Å²) in [5.74, 6) is 0. The first kappa shape index (κ1) is 14.0. The molecule has 3 nitrogen and oxygen atoms in total. The molecule has 0 spiro atoms. The van der Waals surface area contributed by atoms with Gasteiger partial charge in [0.15, 0.2) is 0 Å². The van der Waals surface area contributed by atoms with Crippen molar-refractivity contribution in [3.8, 4) is 0 Å². The van der Waals surface area contributed by atoms with E-state index < -0.39 is 0 Å². The van der Waals surface area contributed by atoms with Gasteiger partial charge in [0.1, 0.15) is 0 Å². The van der Waals surface area contributed by atoms with Crippen LogP contribution in [0.2, 0.25) is 0 Å². The Bertz CT molecular complexity index is 350. The van der Waals surface area contributed by atoms with Crippen LogP contribution in [0, 0.1) is 12.3 Å². The van der Waals surface area contributed by atoms with Crippen molar-refractivity contribution in [1.82, 2.24) is 15.6 Å². The second kappa shape index (κ2) is 6.64. The van der Waals surface area contributed by atoms with Crippen LogP contribution < -0.4 is 10.6 Å². The van der Waals surface area contributed by atoms with Crippen LogP contribution in [0.15, 0.2) is 6.20 Å². The zero-order valence-corrected chi connectivity index (χ0v) is 12.4. The maximum Gasteiger partial charge on any atom is 0.0897 e. The third-order valence-electron chi connectivity index (χ3n) is 3.91. The Morgan fingerprint density at radius 2 is 2.22 bits per heavy atom. The highest BCUT2D eigenvalue weighted by Gasteiger charge is 2.30. The van der Waals surface area contributed by atoms with E-state index in [2.05, 4.69) is 29.5 Å². The maximum absolute atomic E-state index is 4.30. The molecule has 1 aliphatic heterocycles. The van der Waals surface area contributed by atoms with Crippen LogP contribution in [0.4, 0.5) is 0 Å². The molecule has 1 saturated heterocycles. The molecule has 0 aliphatic carbocycles. The Morgan fingerprint density at radius 1 is 1.44 bits per heavy atom. The summed E-state index contributed by atoms with van der Waals surface area (Å²) >= 11 is 1.80. The molecule has 1 aliphatic rings. The van der Waals surface area contributed by atoms with E-state index in [-0.39, 0.29) is 0 Å². The minimum Gasteiger partial charge on any atom is -0.317 e. The molecule has 0 radical (unpaired) electrons. The van der Waals surface area contributed by atoms with Crippen LogP contribution in [-0.4, -0.2) is 24.6 Å². The van der Waals surface area contributed by atoms with Gasteiger partial charge in [0.05, 0.1) is 5.01 Å². The van der Waals surface area contributed by atoms with E-state index >= 15 is 0 Å². The third kappa shape index (κ3) is 3.77. The summed E-state index contributed by atoms with van der Waals surface area (Å²) in [7, 11) is 0. The van der Waals surface area contributed by atoms with E-state index in [0.29, 0.717) is 5.41 Å². The Hall–Kier alpha value is -0.450. The summed E-state index contributed by atoms with van der Waals surface area (Å²) in [5, 5.41) is 8.29. The van der Waals surface area contributed by atoms with E-state index in [0.717, 1.165) is 18.1 Å². The lowest BCUT2D eigenvalue weighted by atomic mass is 9.75. The average Bonchev–Trinajstić information content (AvgIpc) is 2.77. The van der Waals surface area contributed by atoms with Gasteiger partial charge in [-0.15, -0.1) is 11.3 Å². The first-order chi connectivity index (χ1) is 8.74. The summed E-state index contributed by atoms with van der Waals surface area (Å²) < 4.78 is 0. The molecule has 0 bridgehead atoms. The van der Waals surface area contributed by atoms with Gasteiger partial charge in [0, 0.05) is 24.2 Å². The van der Waals surface area contributed by atoms with Crippen LogP contribution in [0.3, 0.4) is 0 Å². The number of piperidine rings is 1. The normalized spacial score (nSPS) is 19.0. The monoisotopic (exact) mass is 267 g/mol. The maximum atomic E-state index is 4.30. The standard InChI is InChI=1S/C14H25N3S/c1-3-4-14(5-7-15-8-6-14)11-16-9-13-10-17-12(2)18-13/h10,15-16H,3-9,11H2,1-2H3. The summed E-state index contributed by atoms with van der Waals surface area (Å²) in [5.41, 5.74) is 0.528. The molecule has 1 fully saturated rings.